The van der Waals surface area contributed by atoms with Gasteiger partial charge in [0.2, 0.25) is 5.91 Å². The lowest BCUT2D eigenvalue weighted by atomic mass is 10.1. The molecule has 0 atom stereocenters. The summed E-state index contributed by atoms with van der Waals surface area (Å²) in [5.41, 5.74) is 3.26. The SMILES string of the molecule is CC(=O)NCCc1cc(-c2csc(-c3ccncc3)n2)ccc1F. The van der Waals surface area contributed by atoms with Gasteiger partial charge >= 0.3 is 0 Å². The average Bonchev–Trinajstić information content (AvgIpc) is 3.07. The van der Waals surface area contributed by atoms with Gasteiger partial charge in [-0.1, -0.05) is 0 Å². The predicted molar refractivity (Wildman–Crippen MR) is 93.1 cm³/mol. The summed E-state index contributed by atoms with van der Waals surface area (Å²) in [6.07, 6.45) is 3.91. The fourth-order valence-corrected chi connectivity index (χ4v) is 3.17. The van der Waals surface area contributed by atoms with Gasteiger partial charge in [0.1, 0.15) is 10.8 Å². The highest BCUT2D eigenvalue weighted by Crippen LogP contribution is 2.29. The quantitative estimate of drug-likeness (QED) is 0.770. The van der Waals surface area contributed by atoms with Crippen molar-refractivity contribution in [2.24, 2.45) is 0 Å². The van der Waals surface area contributed by atoms with Crippen LogP contribution in [0.3, 0.4) is 0 Å². The number of amides is 1. The van der Waals surface area contributed by atoms with E-state index in [-0.39, 0.29) is 11.7 Å². The van der Waals surface area contributed by atoms with Crippen molar-refractivity contribution in [2.45, 2.75) is 13.3 Å². The molecule has 3 aromatic rings. The van der Waals surface area contributed by atoms with Crippen molar-refractivity contribution < 1.29 is 9.18 Å². The third-order valence-electron chi connectivity index (χ3n) is 3.54. The highest BCUT2D eigenvalue weighted by molar-refractivity contribution is 7.13. The number of aromatic nitrogens is 2. The molecule has 6 heteroatoms. The molecule has 0 aliphatic carbocycles. The molecule has 0 aliphatic rings. The minimum atomic E-state index is -0.270. The van der Waals surface area contributed by atoms with Gasteiger partial charge in [0.05, 0.1) is 5.69 Å². The topological polar surface area (TPSA) is 54.9 Å². The summed E-state index contributed by atoms with van der Waals surface area (Å²) in [4.78, 5) is 19.6. The zero-order valence-electron chi connectivity index (χ0n) is 13.1. The molecule has 122 valence electrons. The zero-order valence-corrected chi connectivity index (χ0v) is 13.9. The molecule has 0 saturated carbocycles. The second-order valence-corrected chi connectivity index (χ2v) is 6.17. The lowest BCUT2D eigenvalue weighted by Crippen LogP contribution is -2.22. The van der Waals surface area contributed by atoms with E-state index >= 15 is 0 Å². The monoisotopic (exact) mass is 341 g/mol. The van der Waals surface area contributed by atoms with Gasteiger partial charge in [-0.25, -0.2) is 9.37 Å². The molecule has 4 nitrogen and oxygen atoms in total. The van der Waals surface area contributed by atoms with Crippen molar-refractivity contribution in [3.05, 3.63) is 59.5 Å². The Kier molecular flexibility index (Phi) is 4.96. The predicted octanol–water partition coefficient (Wildman–Crippen LogP) is 3.69. The Hall–Kier alpha value is -2.60. The molecule has 0 fully saturated rings. The van der Waals surface area contributed by atoms with Gasteiger partial charge in [0.15, 0.2) is 0 Å². The van der Waals surface area contributed by atoms with Crippen LogP contribution in [0.1, 0.15) is 12.5 Å². The van der Waals surface area contributed by atoms with Crippen molar-refractivity contribution in [1.29, 1.82) is 0 Å². The number of halogens is 1. The molecule has 1 N–H and O–H groups in total. The number of pyridine rings is 1. The van der Waals surface area contributed by atoms with E-state index in [1.807, 2.05) is 17.5 Å². The number of carbonyl (C=O) groups is 1. The Labute approximate surface area is 143 Å². The Morgan fingerprint density at radius 2 is 2.00 bits per heavy atom. The molecule has 3 rings (SSSR count). The first-order chi connectivity index (χ1) is 11.6. The van der Waals surface area contributed by atoms with E-state index in [9.17, 15) is 9.18 Å². The lowest BCUT2D eigenvalue weighted by molar-refractivity contribution is -0.118. The number of carbonyl (C=O) groups excluding carboxylic acids is 1. The molecule has 0 bridgehead atoms. The van der Waals surface area contributed by atoms with Crippen LogP contribution in [-0.2, 0) is 11.2 Å². The zero-order chi connectivity index (χ0) is 16.9. The molecule has 24 heavy (non-hydrogen) atoms. The van der Waals surface area contributed by atoms with Crippen LogP contribution in [-0.4, -0.2) is 22.4 Å². The van der Waals surface area contributed by atoms with E-state index in [1.54, 1.807) is 24.5 Å². The summed E-state index contributed by atoms with van der Waals surface area (Å²) in [7, 11) is 0. The normalized spacial score (nSPS) is 10.6. The summed E-state index contributed by atoms with van der Waals surface area (Å²) >= 11 is 1.54. The molecule has 1 aromatic carbocycles. The van der Waals surface area contributed by atoms with Crippen molar-refractivity contribution in [3.63, 3.8) is 0 Å². The maximum atomic E-state index is 13.9. The number of nitrogens with one attached hydrogen (secondary N) is 1. The molecule has 0 aliphatic heterocycles. The van der Waals surface area contributed by atoms with Gasteiger partial charge in [-0.15, -0.1) is 11.3 Å². The molecule has 0 saturated heterocycles. The minimum absolute atomic E-state index is 0.118. The van der Waals surface area contributed by atoms with Crippen LogP contribution < -0.4 is 5.32 Å². The largest absolute Gasteiger partial charge is 0.356 e. The molecule has 1 amide bonds. The van der Waals surface area contributed by atoms with Crippen LogP contribution in [0.2, 0.25) is 0 Å². The number of nitrogens with zero attached hydrogens (tertiary/aromatic N) is 2. The second kappa shape index (κ2) is 7.31. The highest BCUT2D eigenvalue weighted by atomic mass is 32.1. The number of hydrogen-bond acceptors (Lipinski definition) is 4. The first kappa shape index (κ1) is 16.3. The maximum absolute atomic E-state index is 13.9. The fraction of sp³-hybridized carbons (Fsp3) is 0.167. The van der Waals surface area contributed by atoms with E-state index in [1.165, 1.54) is 24.3 Å². The Morgan fingerprint density at radius 1 is 1.21 bits per heavy atom. The molecule has 2 aromatic heterocycles. The van der Waals surface area contributed by atoms with Gasteiger partial charge in [-0.2, -0.15) is 0 Å². The number of hydrogen-bond donors (Lipinski definition) is 1. The molecule has 0 unspecified atom stereocenters. The summed E-state index contributed by atoms with van der Waals surface area (Å²) in [5, 5.41) is 5.54. The first-order valence-electron chi connectivity index (χ1n) is 7.52. The second-order valence-electron chi connectivity index (χ2n) is 5.31. The van der Waals surface area contributed by atoms with Crippen LogP contribution in [0, 0.1) is 5.82 Å². The Balaban J connectivity index is 1.82. The molecule has 2 heterocycles. The van der Waals surface area contributed by atoms with Gasteiger partial charge in [-0.3, -0.25) is 9.78 Å². The van der Waals surface area contributed by atoms with Crippen LogP contribution in [0.5, 0.6) is 0 Å². The van der Waals surface area contributed by atoms with Gasteiger partial charge < -0.3 is 5.32 Å². The molecular weight excluding hydrogens is 325 g/mol. The maximum Gasteiger partial charge on any atom is 0.216 e. The standard InChI is InChI=1S/C18H16FN3OS/c1-12(23)21-9-6-14-10-15(2-3-16(14)19)17-11-24-18(22-17)13-4-7-20-8-5-13/h2-5,7-8,10-11H,6,9H2,1H3,(H,21,23). The minimum Gasteiger partial charge on any atom is -0.356 e. The summed E-state index contributed by atoms with van der Waals surface area (Å²) in [5.74, 6) is -0.387. The Bertz CT molecular complexity index is 848. The third kappa shape index (κ3) is 3.83. The fourth-order valence-electron chi connectivity index (χ4n) is 2.33. The third-order valence-corrected chi connectivity index (χ3v) is 4.43. The summed E-state index contributed by atoms with van der Waals surface area (Å²) < 4.78 is 13.9. The van der Waals surface area contributed by atoms with Crippen LogP contribution in [0.4, 0.5) is 4.39 Å². The average molecular weight is 341 g/mol. The van der Waals surface area contributed by atoms with E-state index in [0.717, 1.165) is 21.8 Å². The van der Waals surface area contributed by atoms with Crippen molar-refractivity contribution in [2.75, 3.05) is 6.54 Å². The molecule has 0 radical (unpaired) electrons. The summed E-state index contributed by atoms with van der Waals surface area (Å²) in [6, 6.07) is 8.79. The van der Waals surface area contributed by atoms with Crippen LogP contribution >= 0.6 is 11.3 Å². The van der Waals surface area contributed by atoms with E-state index in [4.69, 9.17) is 0 Å². The highest BCUT2D eigenvalue weighted by Gasteiger charge is 2.10. The van der Waals surface area contributed by atoms with E-state index < -0.39 is 0 Å². The molecule has 0 spiro atoms. The summed E-state index contributed by atoms with van der Waals surface area (Å²) in [6.45, 7) is 1.86. The van der Waals surface area contributed by atoms with Gasteiger partial charge in [-0.05, 0) is 42.3 Å². The lowest BCUT2D eigenvalue weighted by Gasteiger charge is -2.06. The van der Waals surface area contributed by atoms with Crippen LogP contribution in [0.15, 0.2) is 48.1 Å². The number of thiazole rings is 1. The smallest absolute Gasteiger partial charge is 0.216 e. The van der Waals surface area contributed by atoms with Gasteiger partial charge in [0.25, 0.3) is 0 Å². The molecular formula is C18H16FN3OS. The van der Waals surface area contributed by atoms with Crippen molar-refractivity contribution >= 4 is 17.2 Å². The van der Waals surface area contributed by atoms with Gasteiger partial charge in [0, 0.05) is 42.4 Å². The first-order valence-corrected chi connectivity index (χ1v) is 8.40. The van der Waals surface area contributed by atoms with Crippen molar-refractivity contribution in [1.82, 2.24) is 15.3 Å². The van der Waals surface area contributed by atoms with E-state index in [0.29, 0.717) is 18.5 Å². The van der Waals surface area contributed by atoms with Crippen molar-refractivity contribution in [3.8, 4) is 21.8 Å². The number of benzene rings is 1. The van der Waals surface area contributed by atoms with E-state index in [2.05, 4.69) is 15.3 Å². The Morgan fingerprint density at radius 3 is 2.75 bits per heavy atom. The number of rotatable bonds is 5. The van der Waals surface area contributed by atoms with Crippen LogP contribution in [0.25, 0.3) is 21.8 Å².